The van der Waals surface area contributed by atoms with E-state index in [0.717, 1.165) is 5.75 Å². The van der Waals surface area contributed by atoms with Crippen molar-refractivity contribution in [2.45, 2.75) is 0 Å². The minimum absolute atomic E-state index is 0.190. The summed E-state index contributed by atoms with van der Waals surface area (Å²) in [6.07, 6.45) is 1.59. The SMILES string of the molecule is CN(CCOc1ccccc1)C(=O)c1ccn(C)c(=O)c1. The number of ether oxygens (including phenoxy) is 1. The van der Waals surface area contributed by atoms with Crippen LogP contribution in [-0.2, 0) is 7.05 Å². The van der Waals surface area contributed by atoms with E-state index < -0.39 is 0 Å². The van der Waals surface area contributed by atoms with Crippen LogP contribution in [0.2, 0.25) is 0 Å². The van der Waals surface area contributed by atoms with E-state index in [0.29, 0.717) is 18.7 Å². The van der Waals surface area contributed by atoms with Crippen molar-refractivity contribution in [3.8, 4) is 5.75 Å². The molecule has 110 valence electrons. The Morgan fingerprint density at radius 2 is 1.95 bits per heavy atom. The molecule has 0 aliphatic carbocycles. The van der Waals surface area contributed by atoms with E-state index in [1.165, 1.54) is 15.5 Å². The highest BCUT2D eigenvalue weighted by atomic mass is 16.5. The third-order valence-electron chi connectivity index (χ3n) is 3.14. The molecule has 0 radical (unpaired) electrons. The number of rotatable bonds is 5. The molecule has 2 aromatic rings. The second kappa shape index (κ2) is 6.74. The number of hydrogen-bond donors (Lipinski definition) is 0. The normalized spacial score (nSPS) is 10.2. The fourth-order valence-corrected chi connectivity index (χ4v) is 1.82. The predicted octanol–water partition coefficient (Wildman–Crippen LogP) is 1.54. The van der Waals surface area contributed by atoms with Crippen molar-refractivity contribution in [3.63, 3.8) is 0 Å². The van der Waals surface area contributed by atoms with Crippen LogP contribution in [0, 0.1) is 0 Å². The molecule has 0 aliphatic rings. The Bertz CT molecular complexity index is 665. The Balaban J connectivity index is 1.90. The van der Waals surface area contributed by atoms with Gasteiger partial charge in [0.25, 0.3) is 11.5 Å². The summed E-state index contributed by atoms with van der Waals surface area (Å²) in [5.41, 5.74) is 0.190. The van der Waals surface area contributed by atoms with Gasteiger partial charge in [-0.2, -0.15) is 0 Å². The highest BCUT2D eigenvalue weighted by Gasteiger charge is 2.12. The summed E-state index contributed by atoms with van der Waals surface area (Å²) in [6.45, 7) is 0.847. The van der Waals surface area contributed by atoms with Crippen molar-refractivity contribution in [3.05, 3.63) is 64.6 Å². The van der Waals surface area contributed by atoms with Crippen molar-refractivity contribution in [2.24, 2.45) is 7.05 Å². The van der Waals surface area contributed by atoms with Crippen LogP contribution in [0.1, 0.15) is 10.4 Å². The monoisotopic (exact) mass is 286 g/mol. The van der Waals surface area contributed by atoms with E-state index in [1.807, 2.05) is 30.3 Å². The number of pyridine rings is 1. The van der Waals surface area contributed by atoms with E-state index in [2.05, 4.69) is 0 Å². The molecule has 1 aromatic heterocycles. The second-order valence-corrected chi connectivity index (χ2v) is 4.75. The first-order valence-electron chi connectivity index (χ1n) is 6.68. The van der Waals surface area contributed by atoms with Crippen LogP contribution in [-0.4, -0.2) is 35.6 Å². The Morgan fingerprint density at radius 1 is 1.24 bits per heavy atom. The van der Waals surface area contributed by atoms with E-state index >= 15 is 0 Å². The molecule has 1 heterocycles. The Morgan fingerprint density at radius 3 is 2.62 bits per heavy atom. The molecule has 5 heteroatoms. The van der Waals surface area contributed by atoms with Gasteiger partial charge in [0.1, 0.15) is 12.4 Å². The lowest BCUT2D eigenvalue weighted by Gasteiger charge is -2.17. The molecule has 5 nitrogen and oxygen atoms in total. The zero-order valence-electron chi connectivity index (χ0n) is 12.2. The first-order chi connectivity index (χ1) is 10.1. The van der Waals surface area contributed by atoms with Gasteiger partial charge in [-0.25, -0.2) is 0 Å². The van der Waals surface area contributed by atoms with Gasteiger partial charge in [-0.05, 0) is 18.2 Å². The lowest BCUT2D eigenvalue weighted by molar-refractivity contribution is 0.0773. The molecule has 1 aromatic carbocycles. The minimum atomic E-state index is -0.199. The lowest BCUT2D eigenvalue weighted by atomic mass is 10.2. The van der Waals surface area contributed by atoms with Crippen LogP contribution in [0.3, 0.4) is 0 Å². The van der Waals surface area contributed by atoms with Crippen molar-refractivity contribution in [1.82, 2.24) is 9.47 Å². The van der Waals surface area contributed by atoms with E-state index in [9.17, 15) is 9.59 Å². The molecule has 0 saturated heterocycles. The minimum Gasteiger partial charge on any atom is -0.492 e. The average molecular weight is 286 g/mol. The van der Waals surface area contributed by atoms with Gasteiger partial charge in [0, 0.05) is 31.9 Å². The largest absolute Gasteiger partial charge is 0.492 e. The van der Waals surface area contributed by atoms with Crippen LogP contribution in [0.25, 0.3) is 0 Å². The number of likely N-dealkylation sites (N-methyl/N-ethyl adjacent to an activating group) is 1. The number of para-hydroxylation sites is 1. The fraction of sp³-hybridized carbons (Fsp3) is 0.250. The number of carbonyl (C=O) groups excluding carboxylic acids is 1. The number of carbonyl (C=O) groups is 1. The second-order valence-electron chi connectivity index (χ2n) is 4.75. The molecule has 1 amide bonds. The average Bonchev–Trinajstić information content (AvgIpc) is 2.50. The summed E-state index contributed by atoms with van der Waals surface area (Å²) in [7, 11) is 3.34. The van der Waals surface area contributed by atoms with Gasteiger partial charge in [-0.1, -0.05) is 18.2 Å². The zero-order valence-corrected chi connectivity index (χ0v) is 12.2. The van der Waals surface area contributed by atoms with Crippen molar-refractivity contribution in [2.75, 3.05) is 20.2 Å². The van der Waals surface area contributed by atoms with Crippen LogP contribution in [0.4, 0.5) is 0 Å². The van der Waals surface area contributed by atoms with Crippen molar-refractivity contribution >= 4 is 5.91 Å². The van der Waals surface area contributed by atoms with Gasteiger partial charge in [0.05, 0.1) is 6.54 Å². The van der Waals surface area contributed by atoms with E-state index in [4.69, 9.17) is 4.74 Å². The fourth-order valence-electron chi connectivity index (χ4n) is 1.82. The molecule has 0 atom stereocenters. The molecule has 2 rings (SSSR count). The van der Waals surface area contributed by atoms with E-state index in [1.54, 1.807) is 26.4 Å². The summed E-state index contributed by atoms with van der Waals surface area (Å²) in [5, 5.41) is 0. The van der Waals surface area contributed by atoms with Crippen molar-refractivity contribution in [1.29, 1.82) is 0 Å². The Hall–Kier alpha value is -2.56. The molecule has 0 fully saturated rings. The molecule has 0 saturated carbocycles. The highest BCUT2D eigenvalue weighted by Crippen LogP contribution is 2.08. The number of aromatic nitrogens is 1. The molecule has 0 spiro atoms. The highest BCUT2D eigenvalue weighted by molar-refractivity contribution is 5.93. The Kier molecular flexibility index (Phi) is 4.77. The molecule has 0 N–H and O–H groups in total. The maximum absolute atomic E-state index is 12.2. The maximum atomic E-state index is 12.2. The summed E-state index contributed by atoms with van der Waals surface area (Å²) in [4.78, 5) is 25.2. The Labute approximate surface area is 123 Å². The van der Waals surface area contributed by atoms with Crippen LogP contribution < -0.4 is 10.3 Å². The summed E-state index contributed by atoms with van der Waals surface area (Å²) in [6, 6.07) is 12.4. The van der Waals surface area contributed by atoms with Crippen LogP contribution in [0.15, 0.2) is 53.5 Å². The first-order valence-corrected chi connectivity index (χ1v) is 6.68. The maximum Gasteiger partial charge on any atom is 0.253 e. The molecule has 0 bridgehead atoms. The van der Waals surface area contributed by atoms with Gasteiger partial charge >= 0.3 is 0 Å². The molecule has 0 aliphatic heterocycles. The number of aryl methyl sites for hydroxylation is 1. The summed E-state index contributed by atoms with van der Waals surface area (Å²) in [5.74, 6) is 0.580. The zero-order chi connectivity index (χ0) is 15.2. The summed E-state index contributed by atoms with van der Waals surface area (Å²) < 4.78 is 6.97. The molecular formula is C16H18N2O3. The van der Waals surface area contributed by atoms with Gasteiger partial charge in [-0.15, -0.1) is 0 Å². The van der Waals surface area contributed by atoms with Gasteiger partial charge < -0.3 is 14.2 Å². The molecular weight excluding hydrogens is 268 g/mol. The smallest absolute Gasteiger partial charge is 0.253 e. The first kappa shape index (κ1) is 14.8. The van der Waals surface area contributed by atoms with Gasteiger partial charge in [0.15, 0.2) is 0 Å². The van der Waals surface area contributed by atoms with Crippen molar-refractivity contribution < 1.29 is 9.53 Å². The number of amides is 1. The lowest BCUT2D eigenvalue weighted by Crippen LogP contribution is -2.32. The number of nitrogens with zero attached hydrogens (tertiary/aromatic N) is 2. The standard InChI is InChI=1S/C16H18N2O3/c1-17-9-8-13(12-15(17)19)16(20)18(2)10-11-21-14-6-4-3-5-7-14/h3-9,12H,10-11H2,1-2H3. The van der Waals surface area contributed by atoms with Gasteiger partial charge in [-0.3, -0.25) is 9.59 Å². The predicted molar refractivity (Wildman–Crippen MR) is 80.6 cm³/mol. The van der Waals surface area contributed by atoms with Crippen LogP contribution in [0.5, 0.6) is 5.75 Å². The summed E-state index contributed by atoms with van der Waals surface area (Å²) >= 11 is 0. The number of hydrogen-bond acceptors (Lipinski definition) is 3. The third kappa shape index (κ3) is 3.95. The third-order valence-corrected chi connectivity index (χ3v) is 3.14. The van der Waals surface area contributed by atoms with E-state index in [-0.39, 0.29) is 11.5 Å². The van der Waals surface area contributed by atoms with Gasteiger partial charge in [0.2, 0.25) is 0 Å². The number of benzene rings is 1. The molecule has 0 unspecified atom stereocenters. The quantitative estimate of drug-likeness (QED) is 0.837. The van der Waals surface area contributed by atoms with Crippen LogP contribution >= 0.6 is 0 Å². The topological polar surface area (TPSA) is 51.5 Å². The molecule has 21 heavy (non-hydrogen) atoms.